The minimum Gasteiger partial charge on any atom is -0.497 e. The molecule has 0 spiro atoms. The third kappa shape index (κ3) is 3.99. The number of benzene rings is 2. The van der Waals surface area contributed by atoms with Gasteiger partial charge in [-0.05, 0) is 36.4 Å². The average Bonchev–Trinajstić information content (AvgIpc) is 3.11. The Hall–Kier alpha value is -3.32. The lowest BCUT2D eigenvalue weighted by Crippen LogP contribution is -2.04. The number of halogens is 2. The molecule has 0 bridgehead atoms. The van der Waals surface area contributed by atoms with Crippen molar-refractivity contribution in [1.29, 1.82) is 0 Å². The van der Waals surface area contributed by atoms with Crippen molar-refractivity contribution in [2.75, 3.05) is 19.5 Å². The summed E-state index contributed by atoms with van der Waals surface area (Å²) in [7, 11) is 2.80. The molecule has 0 fully saturated rings. The van der Waals surface area contributed by atoms with Crippen LogP contribution in [0.5, 0.6) is 5.75 Å². The summed E-state index contributed by atoms with van der Waals surface area (Å²) in [5.74, 6) is -0.524. The highest BCUT2D eigenvalue weighted by molar-refractivity contribution is 6.33. The van der Waals surface area contributed by atoms with Gasteiger partial charge in [-0.15, -0.1) is 0 Å². The molecule has 1 N–H and O–H groups in total. The highest BCUT2D eigenvalue weighted by Gasteiger charge is 2.26. The monoisotopic (exact) mass is 402 g/mol. The first kappa shape index (κ1) is 19.4. The van der Waals surface area contributed by atoms with E-state index in [1.807, 2.05) is 12.1 Å². The fraction of sp³-hybridized carbons (Fsp3) is 0.100. The Morgan fingerprint density at radius 3 is 2.61 bits per heavy atom. The number of carbonyl (C=O) groups excluding carboxylic acids is 1. The van der Waals surface area contributed by atoms with E-state index in [-0.39, 0.29) is 27.6 Å². The van der Waals surface area contributed by atoms with Crippen LogP contribution in [0.3, 0.4) is 0 Å². The Morgan fingerprint density at radius 2 is 1.96 bits per heavy atom. The zero-order valence-corrected chi connectivity index (χ0v) is 15.8. The minimum atomic E-state index is -0.723. The number of methoxy groups -OCH3 is 2. The molecule has 0 saturated heterocycles. The van der Waals surface area contributed by atoms with Gasteiger partial charge in [0.25, 0.3) is 0 Å². The van der Waals surface area contributed by atoms with E-state index in [0.717, 1.165) is 11.4 Å². The molecule has 0 aliphatic carbocycles. The van der Waals surface area contributed by atoms with Gasteiger partial charge < -0.3 is 19.3 Å². The maximum absolute atomic E-state index is 14.3. The molecule has 6 nitrogen and oxygen atoms in total. The summed E-state index contributed by atoms with van der Waals surface area (Å²) < 4.78 is 29.4. The molecule has 1 heterocycles. The molecule has 0 saturated carbocycles. The molecule has 1 aromatic heterocycles. The van der Waals surface area contributed by atoms with Gasteiger partial charge in [-0.3, -0.25) is 0 Å². The van der Waals surface area contributed by atoms with E-state index in [0.29, 0.717) is 0 Å². The average molecular weight is 403 g/mol. The van der Waals surface area contributed by atoms with Crippen LogP contribution in [0.15, 0.2) is 53.2 Å². The first-order chi connectivity index (χ1) is 13.5. The molecule has 144 valence electrons. The summed E-state index contributed by atoms with van der Waals surface area (Å²) in [5.41, 5.74) is 0.700. The van der Waals surface area contributed by atoms with Gasteiger partial charge in [0.2, 0.25) is 0 Å². The molecule has 3 rings (SSSR count). The minimum absolute atomic E-state index is 0.0257. The number of carbonyl (C=O) groups is 1. The molecule has 0 aliphatic heterocycles. The van der Waals surface area contributed by atoms with Crippen LogP contribution in [-0.2, 0) is 4.74 Å². The summed E-state index contributed by atoms with van der Waals surface area (Å²) in [6.07, 6.45) is 3.04. The topological polar surface area (TPSA) is 73.6 Å². The molecule has 3 aromatic rings. The quantitative estimate of drug-likeness (QED) is 0.584. The molecule has 0 radical (unpaired) electrons. The van der Waals surface area contributed by atoms with E-state index < -0.39 is 11.8 Å². The Bertz CT molecular complexity index is 995. The second-order valence-corrected chi connectivity index (χ2v) is 5.97. The number of rotatable bonds is 6. The number of nitrogens with one attached hydrogen (secondary N) is 1. The predicted molar refractivity (Wildman–Crippen MR) is 104 cm³/mol. The SMILES string of the molecule is COC(=O)c1c(-c2c(F)cccc2Cl)noc1C=CNc1ccc(OC)cc1. The summed E-state index contributed by atoms with van der Waals surface area (Å²) in [5, 5.41) is 6.96. The third-order valence-electron chi connectivity index (χ3n) is 3.88. The Morgan fingerprint density at radius 1 is 1.21 bits per heavy atom. The van der Waals surface area contributed by atoms with Gasteiger partial charge in [0.15, 0.2) is 5.76 Å². The summed E-state index contributed by atoms with van der Waals surface area (Å²) in [6.45, 7) is 0. The lowest BCUT2D eigenvalue weighted by molar-refractivity contribution is 0.0600. The van der Waals surface area contributed by atoms with Crippen molar-refractivity contribution in [3.05, 3.63) is 70.8 Å². The van der Waals surface area contributed by atoms with Gasteiger partial charge in [0.1, 0.15) is 22.8 Å². The van der Waals surface area contributed by atoms with Crippen molar-refractivity contribution in [3.63, 3.8) is 0 Å². The van der Waals surface area contributed by atoms with Crippen LogP contribution in [0.2, 0.25) is 5.02 Å². The van der Waals surface area contributed by atoms with Gasteiger partial charge in [-0.1, -0.05) is 22.8 Å². The van der Waals surface area contributed by atoms with E-state index in [1.165, 1.54) is 31.4 Å². The number of hydrogen-bond donors (Lipinski definition) is 1. The van der Waals surface area contributed by atoms with Gasteiger partial charge in [-0.25, -0.2) is 9.18 Å². The number of ether oxygens (including phenoxy) is 2. The van der Waals surface area contributed by atoms with Crippen molar-refractivity contribution in [2.45, 2.75) is 0 Å². The molecule has 2 aromatic carbocycles. The van der Waals surface area contributed by atoms with E-state index in [1.54, 1.807) is 25.4 Å². The van der Waals surface area contributed by atoms with Crippen LogP contribution in [0, 0.1) is 5.82 Å². The Balaban J connectivity index is 1.93. The Kier molecular flexibility index (Phi) is 5.96. The van der Waals surface area contributed by atoms with Crippen LogP contribution < -0.4 is 10.1 Å². The maximum atomic E-state index is 14.3. The standard InChI is InChI=1S/C20H16ClFN2O4/c1-26-13-8-6-12(7-9-13)23-11-10-16-18(20(25)27-2)19(24-28-16)17-14(21)4-3-5-15(17)22/h3-11,23H,1-2H3. The van der Waals surface area contributed by atoms with Crippen LogP contribution in [0.1, 0.15) is 16.1 Å². The van der Waals surface area contributed by atoms with Gasteiger partial charge in [-0.2, -0.15) is 0 Å². The predicted octanol–water partition coefficient (Wildman–Crippen LogP) is 5.01. The first-order valence-electron chi connectivity index (χ1n) is 8.14. The summed E-state index contributed by atoms with van der Waals surface area (Å²) in [6, 6.07) is 11.4. The molecular formula is C20H16ClFN2O4. The molecule has 0 amide bonds. The zero-order chi connectivity index (χ0) is 20.1. The highest BCUT2D eigenvalue weighted by atomic mass is 35.5. The summed E-state index contributed by atoms with van der Waals surface area (Å²) >= 11 is 6.09. The van der Waals surface area contributed by atoms with Crippen molar-refractivity contribution < 1.29 is 23.2 Å². The molecule has 0 unspecified atom stereocenters. The number of nitrogens with zero attached hydrogens (tertiary/aromatic N) is 1. The highest BCUT2D eigenvalue weighted by Crippen LogP contribution is 2.34. The van der Waals surface area contributed by atoms with E-state index in [2.05, 4.69) is 10.5 Å². The van der Waals surface area contributed by atoms with E-state index in [9.17, 15) is 9.18 Å². The van der Waals surface area contributed by atoms with Crippen molar-refractivity contribution >= 4 is 29.3 Å². The lowest BCUT2D eigenvalue weighted by atomic mass is 10.1. The fourth-order valence-corrected chi connectivity index (χ4v) is 2.76. The fourth-order valence-electron chi connectivity index (χ4n) is 2.51. The van der Waals surface area contributed by atoms with Crippen LogP contribution in [-0.4, -0.2) is 25.3 Å². The lowest BCUT2D eigenvalue weighted by Gasteiger charge is -2.04. The third-order valence-corrected chi connectivity index (χ3v) is 4.20. The molecule has 8 heteroatoms. The largest absolute Gasteiger partial charge is 0.497 e. The smallest absolute Gasteiger partial charge is 0.344 e. The number of anilines is 1. The van der Waals surface area contributed by atoms with Crippen LogP contribution in [0.4, 0.5) is 10.1 Å². The van der Waals surface area contributed by atoms with E-state index in [4.69, 9.17) is 25.6 Å². The number of esters is 1. The molecule has 0 atom stereocenters. The second kappa shape index (κ2) is 8.58. The molecule has 28 heavy (non-hydrogen) atoms. The Labute approximate surface area is 165 Å². The zero-order valence-electron chi connectivity index (χ0n) is 15.0. The summed E-state index contributed by atoms with van der Waals surface area (Å²) in [4.78, 5) is 12.3. The van der Waals surface area contributed by atoms with Crippen molar-refractivity contribution in [3.8, 4) is 17.0 Å². The number of aromatic nitrogens is 1. The van der Waals surface area contributed by atoms with Crippen LogP contribution >= 0.6 is 11.6 Å². The first-order valence-corrected chi connectivity index (χ1v) is 8.52. The van der Waals surface area contributed by atoms with Crippen molar-refractivity contribution in [1.82, 2.24) is 5.16 Å². The van der Waals surface area contributed by atoms with Crippen LogP contribution in [0.25, 0.3) is 17.3 Å². The molecule has 0 aliphatic rings. The second-order valence-electron chi connectivity index (χ2n) is 5.56. The van der Waals surface area contributed by atoms with E-state index >= 15 is 0 Å². The van der Waals surface area contributed by atoms with Gasteiger partial charge >= 0.3 is 5.97 Å². The van der Waals surface area contributed by atoms with Crippen molar-refractivity contribution in [2.24, 2.45) is 0 Å². The van der Waals surface area contributed by atoms with Gasteiger partial charge in [0.05, 0.1) is 24.8 Å². The normalized spacial score (nSPS) is 10.9. The maximum Gasteiger partial charge on any atom is 0.344 e. The van der Waals surface area contributed by atoms with Gasteiger partial charge in [0, 0.05) is 18.0 Å². The number of hydrogen-bond acceptors (Lipinski definition) is 6. The molecular weight excluding hydrogens is 387 g/mol.